The Morgan fingerprint density at radius 3 is 2.55 bits per heavy atom. The molecule has 1 aromatic heterocycles. The summed E-state index contributed by atoms with van der Waals surface area (Å²) in [7, 11) is 0. The van der Waals surface area contributed by atoms with Gasteiger partial charge in [0.15, 0.2) is 11.6 Å². The van der Waals surface area contributed by atoms with E-state index in [4.69, 9.17) is 0 Å². The summed E-state index contributed by atoms with van der Waals surface area (Å²) >= 11 is 1.68. The van der Waals surface area contributed by atoms with Crippen molar-refractivity contribution in [1.29, 1.82) is 0 Å². The Kier molecular flexibility index (Phi) is 4.13. The van der Waals surface area contributed by atoms with Crippen molar-refractivity contribution in [1.82, 2.24) is 0 Å². The molecule has 0 saturated heterocycles. The number of rotatable bonds is 4. The van der Waals surface area contributed by atoms with Crippen LogP contribution in [0.25, 0.3) is 30.9 Å². The van der Waals surface area contributed by atoms with Crippen molar-refractivity contribution in [3.05, 3.63) is 71.8 Å². The lowest BCUT2D eigenvalue weighted by molar-refractivity contribution is -0.270. The highest BCUT2D eigenvalue weighted by molar-refractivity contribution is 7.26. The minimum atomic E-state index is -0.899. The Morgan fingerprint density at radius 2 is 1.79 bits per heavy atom. The molecule has 0 saturated carbocycles. The maximum absolute atomic E-state index is 13.4. The summed E-state index contributed by atoms with van der Waals surface area (Å²) in [4.78, 5) is 31.1. The molecular formula is C24H18O4S. The number of Topliss-reactive ketones (excluding diaryl/α,β-unsaturated/α-hetero) is 2. The molecule has 0 spiro atoms. The number of thiophene rings is 1. The Bertz CT molecular complexity index is 1350. The molecule has 2 unspecified atom stereocenters. The standard InChI is InChI=1S/C24H18O4S/c1-12(2)19(28-27)11-18-22(25)14-7-5-8-15-21(14)17(23(18)26)10-16-13-6-3-4-9-20(13)29-24(15)16/h3-10,18-19,27H,1,11H2,2H3. The van der Waals surface area contributed by atoms with Crippen LogP contribution in [0, 0.1) is 5.92 Å². The summed E-state index contributed by atoms with van der Waals surface area (Å²) in [6.45, 7) is 5.49. The summed E-state index contributed by atoms with van der Waals surface area (Å²) in [6, 6.07) is 15.7. The number of benzene rings is 3. The number of carbonyl (C=O) groups excluding carboxylic acids is 2. The first kappa shape index (κ1) is 18.2. The molecule has 0 aliphatic heterocycles. The third kappa shape index (κ3) is 2.59. The summed E-state index contributed by atoms with van der Waals surface area (Å²) in [6.07, 6.45) is -0.693. The average molecular weight is 402 g/mol. The third-order valence-corrected chi connectivity index (χ3v) is 7.01. The number of carbonyl (C=O) groups is 2. The highest BCUT2D eigenvalue weighted by atomic mass is 32.1. The molecule has 1 aliphatic carbocycles. The molecule has 4 aromatic rings. The van der Waals surface area contributed by atoms with Gasteiger partial charge in [-0.15, -0.1) is 11.3 Å². The highest BCUT2D eigenvalue weighted by Gasteiger charge is 2.38. The van der Waals surface area contributed by atoms with Crippen molar-refractivity contribution in [2.45, 2.75) is 19.4 Å². The van der Waals surface area contributed by atoms with E-state index in [1.54, 1.807) is 24.3 Å². The van der Waals surface area contributed by atoms with Crippen LogP contribution in [-0.4, -0.2) is 22.9 Å². The lowest BCUT2D eigenvalue weighted by Gasteiger charge is -2.25. The first-order chi connectivity index (χ1) is 14.0. The zero-order valence-electron chi connectivity index (χ0n) is 15.8. The van der Waals surface area contributed by atoms with E-state index >= 15 is 0 Å². The zero-order valence-corrected chi connectivity index (χ0v) is 16.6. The van der Waals surface area contributed by atoms with Crippen LogP contribution in [-0.2, 0) is 4.89 Å². The number of hydrogen-bond donors (Lipinski definition) is 1. The zero-order chi connectivity index (χ0) is 20.3. The van der Waals surface area contributed by atoms with Crippen LogP contribution in [0.15, 0.2) is 60.7 Å². The van der Waals surface area contributed by atoms with Gasteiger partial charge in [0.2, 0.25) is 0 Å². The van der Waals surface area contributed by atoms with Crippen molar-refractivity contribution in [2.24, 2.45) is 5.92 Å². The SMILES string of the molecule is C=C(C)C(CC1C(=O)c2cccc3c2c(cc2c4ccccc4sc32)C1=O)OO. The first-order valence-corrected chi connectivity index (χ1v) is 10.2. The first-order valence-electron chi connectivity index (χ1n) is 9.42. The second-order valence-corrected chi connectivity index (χ2v) is 8.64. The van der Waals surface area contributed by atoms with Crippen molar-refractivity contribution in [3.8, 4) is 0 Å². The Morgan fingerprint density at radius 1 is 1.07 bits per heavy atom. The summed E-state index contributed by atoms with van der Waals surface area (Å²) in [5.41, 5.74) is 1.69. The molecule has 2 atom stereocenters. The van der Waals surface area contributed by atoms with Gasteiger partial charge in [-0.25, -0.2) is 4.89 Å². The van der Waals surface area contributed by atoms with Crippen LogP contribution in [0.1, 0.15) is 34.1 Å². The lowest BCUT2D eigenvalue weighted by atomic mass is 9.76. The van der Waals surface area contributed by atoms with E-state index in [1.807, 2.05) is 30.3 Å². The monoisotopic (exact) mass is 402 g/mol. The van der Waals surface area contributed by atoms with Gasteiger partial charge in [0.05, 0.1) is 5.92 Å². The molecule has 5 heteroatoms. The molecule has 5 rings (SSSR count). The van der Waals surface area contributed by atoms with E-state index in [1.165, 1.54) is 0 Å². The molecule has 0 amide bonds. The van der Waals surface area contributed by atoms with Crippen LogP contribution < -0.4 is 0 Å². The minimum absolute atomic E-state index is 0.0712. The fourth-order valence-corrected chi connectivity index (χ4v) is 5.53. The fourth-order valence-electron chi connectivity index (χ4n) is 4.31. The van der Waals surface area contributed by atoms with E-state index in [2.05, 4.69) is 23.6 Å². The van der Waals surface area contributed by atoms with Gasteiger partial charge in [-0.05, 0) is 31.1 Å². The van der Waals surface area contributed by atoms with Crippen LogP contribution >= 0.6 is 11.3 Å². The molecule has 1 heterocycles. The normalized spacial score (nSPS) is 17.4. The molecule has 144 valence electrons. The second-order valence-electron chi connectivity index (χ2n) is 7.58. The average Bonchev–Trinajstić information content (AvgIpc) is 3.10. The van der Waals surface area contributed by atoms with Crippen LogP contribution in [0.4, 0.5) is 0 Å². The van der Waals surface area contributed by atoms with Crippen molar-refractivity contribution < 1.29 is 19.7 Å². The maximum atomic E-state index is 13.4. The maximum Gasteiger partial charge on any atom is 0.174 e. The predicted molar refractivity (Wildman–Crippen MR) is 116 cm³/mol. The fraction of sp³-hybridized carbons (Fsp3) is 0.167. The molecule has 1 aliphatic rings. The van der Waals surface area contributed by atoms with Gasteiger partial charge in [0.25, 0.3) is 0 Å². The Labute approximate surface area is 171 Å². The predicted octanol–water partition coefficient (Wildman–Crippen LogP) is 6.03. The quantitative estimate of drug-likeness (QED) is 0.196. The van der Waals surface area contributed by atoms with Gasteiger partial charge in [0, 0.05) is 42.1 Å². The van der Waals surface area contributed by atoms with Gasteiger partial charge in [0.1, 0.15) is 6.10 Å². The second kappa shape index (κ2) is 6.59. The topological polar surface area (TPSA) is 63.6 Å². The molecule has 29 heavy (non-hydrogen) atoms. The number of hydrogen-bond acceptors (Lipinski definition) is 5. The minimum Gasteiger partial charge on any atom is -0.293 e. The van der Waals surface area contributed by atoms with Crippen LogP contribution in [0.2, 0.25) is 0 Å². The Balaban J connectivity index is 1.79. The van der Waals surface area contributed by atoms with Crippen LogP contribution in [0.3, 0.4) is 0 Å². The van der Waals surface area contributed by atoms with Gasteiger partial charge >= 0.3 is 0 Å². The lowest BCUT2D eigenvalue weighted by Crippen LogP contribution is -2.33. The van der Waals surface area contributed by atoms with Crippen LogP contribution in [0.5, 0.6) is 0 Å². The molecule has 3 aromatic carbocycles. The van der Waals surface area contributed by atoms with Gasteiger partial charge < -0.3 is 0 Å². The highest BCUT2D eigenvalue weighted by Crippen LogP contribution is 2.43. The molecule has 1 N–H and O–H groups in total. The van der Waals surface area contributed by atoms with E-state index in [0.717, 1.165) is 30.9 Å². The summed E-state index contributed by atoms with van der Waals surface area (Å²) < 4.78 is 2.24. The van der Waals surface area contributed by atoms with Crippen molar-refractivity contribution >= 4 is 53.8 Å². The van der Waals surface area contributed by atoms with Crippen molar-refractivity contribution in [2.75, 3.05) is 0 Å². The summed E-state index contributed by atoms with van der Waals surface area (Å²) in [5.74, 6) is -1.35. The smallest absolute Gasteiger partial charge is 0.174 e. The largest absolute Gasteiger partial charge is 0.293 e. The molecule has 0 fully saturated rings. The van der Waals surface area contributed by atoms with Crippen molar-refractivity contribution in [3.63, 3.8) is 0 Å². The van der Waals surface area contributed by atoms with E-state index in [9.17, 15) is 14.8 Å². The Hall–Kier alpha value is -2.86. The third-order valence-electron chi connectivity index (χ3n) is 5.79. The van der Waals surface area contributed by atoms with E-state index in [-0.39, 0.29) is 18.0 Å². The number of ketones is 2. The number of fused-ring (bicyclic) bond motifs is 4. The van der Waals surface area contributed by atoms with E-state index in [0.29, 0.717) is 16.7 Å². The molecule has 0 radical (unpaired) electrons. The van der Waals surface area contributed by atoms with Gasteiger partial charge in [-0.2, -0.15) is 0 Å². The molecule has 4 nitrogen and oxygen atoms in total. The summed E-state index contributed by atoms with van der Waals surface area (Å²) in [5, 5.41) is 13.0. The van der Waals surface area contributed by atoms with Gasteiger partial charge in [-0.3, -0.25) is 14.8 Å². The van der Waals surface area contributed by atoms with Gasteiger partial charge in [-0.1, -0.05) is 43.0 Å². The van der Waals surface area contributed by atoms with E-state index < -0.39 is 12.0 Å². The molecular weight excluding hydrogens is 384 g/mol. The molecule has 0 bridgehead atoms.